The summed E-state index contributed by atoms with van der Waals surface area (Å²) in [4.78, 5) is 27.9. The first-order valence-corrected chi connectivity index (χ1v) is 10.1. The molecule has 2 aliphatic carbocycles. The Hall–Kier alpha value is -1.40. The lowest BCUT2D eigenvalue weighted by Crippen LogP contribution is -2.57. The van der Waals surface area contributed by atoms with E-state index in [9.17, 15) is 9.59 Å². The molecule has 6 heteroatoms. The predicted octanol–water partition coefficient (Wildman–Crippen LogP) is 3.74. The van der Waals surface area contributed by atoms with Crippen molar-refractivity contribution in [1.29, 1.82) is 0 Å². The fourth-order valence-corrected chi connectivity index (χ4v) is 5.69. The highest BCUT2D eigenvalue weighted by molar-refractivity contribution is 9.10. The first-order chi connectivity index (χ1) is 12.3. The molecule has 2 fully saturated rings. The first kappa shape index (κ1) is 18.0. The van der Waals surface area contributed by atoms with Crippen LogP contribution in [0.2, 0.25) is 0 Å². The molecule has 1 unspecified atom stereocenters. The molecule has 1 atom stereocenters. The van der Waals surface area contributed by atoms with E-state index in [0.29, 0.717) is 0 Å². The second-order valence-electron chi connectivity index (χ2n) is 8.14. The number of imide groups is 1. The van der Waals surface area contributed by atoms with Crippen molar-refractivity contribution < 1.29 is 14.3 Å². The van der Waals surface area contributed by atoms with Crippen LogP contribution in [0.1, 0.15) is 50.7 Å². The largest absolute Gasteiger partial charge is 0.381 e. The molecule has 1 aromatic rings. The fraction of sp³-hybridized carbons (Fsp3) is 0.600. The van der Waals surface area contributed by atoms with Crippen LogP contribution in [0, 0.1) is 5.41 Å². The van der Waals surface area contributed by atoms with Gasteiger partial charge in [-0.15, -0.1) is 0 Å². The number of ether oxygens (including phenoxy) is 1. The second-order valence-corrected chi connectivity index (χ2v) is 9.06. The monoisotopic (exact) mass is 420 g/mol. The van der Waals surface area contributed by atoms with Crippen LogP contribution in [0.15, 0.2) is 22.7 Å². The highest BCUT2D eigenvalue weighted by Crippen LogP contribution is 2.60. The number of methoxy groups -OCH3 is 1. The number of amides is 3. The van der Waals surface area contributed by atoms with E-state index in [0.717, 1.165) is 42.1 Å². The Balaban J connectivity index is 1.87. The van der Waals surface area contributed by atoms with Crippen LogP contribution < -0.4 is 5.32 Å². The van der Waals surface area contributed by atoms with Crippen LogP contribution in [0.4, 0.5) is 4.79 Å². The molecule has 3 amide bonds. The zero-order chi connectivity index (χ0) is 18.7. The molecule has 3 aliphatic rings. The highest BCUT2D eigenvalue weighted by Gasteiger charge is 2.68. The summed E-state index contributed by atoms with van der Waals surface area (Å²) in [7, 11) is 1.75. The van der Waals surface area contributed by atoms with Crippen molar-refractivity contribution in [1.82, 2.24) is 10.2 Å². The molecule has 140 valence electrons. The maximum Gasteiger partial charge on any atom is 0.325 e. The third-order valence-electron chi connectivity index (χ3n) is 6.59. The minimum absolute atomic E-state index is 0.0924. The molecular weight excluding hydrogens is 396 g/mol. The number of nitrogens with zero attached hydrogens (tertiary/aromatic N) is 1. The molecule has 1 heterocycles. The number of hydrogen-bond donors (Lipinski definition) is 1. The van der Waals surface area contributed by atoms with Gasteiger partial charge in [-0.25, -0.2) is 4.79 Å². The fourth-order valence-electron chi connectivity index (χ4n) is 5.32. The van der Waals surface area contributed by atoms with Gasteiger partial charge in [-0.2, -0.15) is 0 Å². The van der Waals surface area contributed by atoms with Gasteiger partial charge in [0.05, 0.1) is 6.10 Å². The topological polar surface area (TPSA) is 58.6 Å². The summed E-state index contributed by atoms with van der Waals surface area (Å²) in [5, 5.41) is 3.16. The number of fused-ring (bicyclic) bond motifs is 3. The molecule has 5 nitrogen and oxygen atoms in total. The van der Waals surface area contributed by atoms with E-state index in [-0.39, 0.29) is 29.5 Å². The van der Waals surface area contributed by atoms with Gasteiger partial charge in [0.25, 0.3) is 5.91 Å². The van der Waals surface area contributed by atoms with Gasteiger partial charge in [-0.05, 0) is 69.2 Å². The Kier molecular flexibility index (Phi) is 4.19. The van der Waals surface area contributed by atoms with E-state index < -0.39 is 5.54 Å². The third-order valence-corrected chi connectivity index (χ3v) is 7.09. The van der Waals surface area contributed by atoms with Gasteiger partial charge in [0.2, 0.25) is 0 Å². The average molecular weight is 421 g/mol. The Morgan fingerprint density at radius 1 is 1.27 bits per heavy atom. The van der Waals surface area contributed by atoms with Gasteiger partial charge in [-0.3, -0.25) is 9.69 Å². The van der Waals surface area contributed by atoms with Crippen LogP contribution in [-0.2, 0) is 21.5 Å². The zero-order valence-electron chi connectivity index (χ0n) is 15.5. The van der Waals surface area contributed by atoms with Crippen molar-refractivity contribution in [3.63, 3.8) is 0 Å². The minimum atomic E-state index is -0.952. The first-order valence-electron chi connectivity index (χ1n) is 9.32. The van der Waals surface area contributed by atoms with Gasteiger partial charge in [0.15, 0.2) is 5.54 Å². The van der Waals surface area contributed by atoms with E-state index in [1.165, 1.54) is 10.5 Å². The summed E-state index contributed by atoms with van der Waals surface area (Å²) < 4.78 is 6.49. The molecule has 0 radical (unpaired) electrons. The third kappa shape index (κ3) is 2.24. The van der Waals surface area contributed by atoms with E-state index in [4.69, 9.17) is 4.74 Å². The van der Waals surface area contributed by atoms with Crippen LogP contribution >= 0.6 is 15.9 Å². The summed E-state index contributed by atoms with van der Waals surface area (Å²) in [6.07, 6.45) is 4.63. The second kappa shape index (κ2) is 6.06. The highest BCUT2D eigenvalue weighted by atomic mass is 79.9. The average Bonchev–Trinajstić information content (AvgIpc) is 3.02. The smallest absolute Gasteiger partial charge is 0.325 e. The molecule has 2 spiro atoms. The number of rotatable bonds is 2. The molecule has 0 bridgehead atoms. The number of nitrogens with one attached hydrogen (secondary N) is 1. The lowest BCUT2D eigenvalue weighted by Gasteiger charge is -2.46. The van der Waals surface area contributed by atoms with Gasteiger partial charge in [0.1, 0.15) is 0 Å². The van der Waals surface area contributed by atoms with Crippen molar-refractivity contribution >= 4 is 27.9 Å². The van der Waals surface area contributed by atoms with Crippen LogP contribution in [0.25, 0.3) is 0 Å². The number of carbonyl (C=O) groups excluding carboxylic acids is 2. The summed E-state index contributed by atoms with van der Waals surface area (Å²) in [6.45, 7) is 3.78. The lowest BCUT2D eigenvalue weighted by molar-refractivity contribution is -0.139. The van der Waals surface area contributed by atoms with Crippen molar-refractivity contribution in [2.75, 3.05) is 7.11 Å². The van der Waals surface area contributed by atoms with E-state index in [1.807, 2.05) is 26.0 Å². The Morgan fingerprint density at radius 2 is 1.96 bits per heavy atom. The van der Waals surface area contributed by atoms with Crippen molar-refractivity contribution in [2.45, 2.75) is 63.6 Å². The summed E-state index contributed by atoms with van der Waals surface area (Å²) >= 11 is 3.55. The molecule has 0 aromatic heterocycles. The van der Waals surface area contributed by atoms with Crippen LogP contribution in [-0.4, -0.2) is 36.1 Å². The van der Waals surface area contributed by atoms with Crippen LogP contribution in [0.3, 0.4) is 0 Å². The van der Waals surface area contributed by atoms with Crippen molar-refractivity contribution in [2.24, 2.45) is 5.41 Å². The van der Waals surface area contributed by atoms with Gasteiger partial charge < -0.3 is 10.1 Å². The number of carbonyl (C=O) groups is 2. The molecule has 26 heavy (non-hydrogen) atoms. The Morgan fingerprint density at radius 3 is 2.54 bits per heavy atom. The maximum atomic E-state index is 13.7. The normalized spacial score (nSPS) is 33.4. The molecule has 1 N–H and O–H groups in total. The molecule has 1 saturated heterocycles. The minimum Gasteiger partial charge on any atom is -0.381 e. The SMILES string of the molecule is COC1CCC2(CC1)Cc1ccc(Br)cc1C21NC(=O)N(C(C)C)C1=O. The number of hydrogen-bond acceptors (Lipinski definition) is 3. The maximum absolute atomic E-state index is 13.7. The molecule has 1 saturated carbocycles. The molecule has 1 aromatic carbocycles. The van der Waals surface area contributed by atoms with Crippen molar-refractivity contribution in [3.8, 4) is 0 Å². The quantitative estimate of drug-likeness (QED) is 0.741. The van der Waals surface area contributed by atoms with E-state index in [1.54, 1.807) is 7.11 Å². The van der Waals surface area contributed by atoms with Gasteiger partial charge in [-0.1, -0.05) is 22.0 Å². The Labute approximate surface area is 162 Å². The van der Waals surface area contributed by atoms with E-state index >= 15 is 0 Å². The Bertz CT molecular complexity index is 770. The summed E-state index contributed by atoms with van der Waals surface area (Å²) in [5.74, 6) is -0.0924. The molecule has 1 aliphatic heterocycles. The van der Waals surface area contributed by atoms with Crippen LogP contribution in [0.5, 0.6) is 0 Å². The van der Waals surface area contributed by atoms with Gasteiger partial charge >= 0.3 is 6.03 Å². The van der Waals surface area contributed by atoms with Gasteiger partial charge in [0, 0.05) is 23.0 Å². The summed E-state index contributed by atoms with van der Waals surface area (Å²) in [6, 6.07) is 5.70. The van der Waals surface area contributed by atoms with E-state index in [2.05, 4.69) is 27.3 Å². The predicted molar refractivity (Wildman–Crippen MR) is 102 cm³/mol. The number of benzene rings is 1. The standard InChI is InChI=1S/C20H25BrN2O3/c1-12(2)23-17(24)20(22-18(23)25)16-10-14(21)5-4-13(16)11-19(20)8-6-15(26-3)7-9-19/h4-5,10,12,15H,6-9,11H2,1-3H3,(H,22,25). The van der Waals surface area contributed by atoms with Crippen molar-refractivity contribution in [3.05, 3.63) is 33.8 Å². The number of halogens is 1. The zero-order valence-corrected chi connectivity index (χ0v) is 17.1. The summed E-state index contributed by atoms with van der Waals surface area (Å²) in [5.41, 5.74) is 0.904. The molecule has 4 rings (SSSR count). The molecular formula is C20H25BrN2O3. The number of urea groups is 1. The lowest BCUT2D eigenvalue weighted by atomic mass is 9.61.